The molecular formula is C21H26N2O6S. The average Bonchev–Trinajstić information content (AvgIpc) is 3.29. The van der Waals surface area contributed by atoms with E-state index in [0.717, 1.165) is 0 Å². The SMILES string of the molecule is CCOC(=O)CNC(=O)C(c1cccs1)N(C(=O)CC)c1ccc(OC)cc1OC. The second-order valence-corrected chi connectivity index (χ2v) is 7.08. The maximum Gasteiger partial charge on any atom is 0.325 e. The number of benzene rings is 1. The topological polar surface area (TPSA) is 94.2 Å². The van der Waals surface area contributed by atoms with Crippen molar-refractivity contribution in [2.45, 2.75) is 26.3 Å². The predicted molar refractivity (Wildman–Crippen MR) is 114 cm³/mol. The molecule has 0 aliphatic carbocycles. The zero-order valence-corrected chi connectivity index (χ0v) is 18.3. The van der Waals surface area contributed by atoms with Gasteiger partial charge in [-0.3, -0.25) is 19.3 Å². The van der Waals surface area contributed by atoms with Crippen molar-refractivity contribution in [3.05, 3.63) is 40.6 Å². The fourth-order valence-corrected chi connectivity index (χ4v) is 3.67. The third-order valence-corrected chi connectivity index (χ3v) is 5.17. The zero-order valence-electron chi connectivity index (χ0n) is 17.5. The quantitative estimate of drug-likeness (QED) is 0.578. The average molecular weight is 435 g/mol. The second kappa shape index (κ2) is 11.2. The Labute approximate surface area is 179 Å². The Hall–Kier alpha value is -3.07. The van der Waals surface area contributed by atoms with E-state index < -0.39 is 17.9 Å². The van der Waals surface area contributed by atoms with Gasteiger partial charge in [0.05, 0.1) is 26.5 Å². The van der Waals surface area contributed by atoms with Crippen LogP contribution in [-0.4, -0.2) is 45.2 Å². The van der Waals surface area contributed by atoms with Gasteiger partial charge < -0.3 is 19.5 Å². The number of carbonyl (C=O) groups is 3. The highest BCUT2D eigenvalue weighted by atomic mass is 32.1. The molecule has 9 heteroatoms. The molecule has 0 fully saturated rings. The molecule has 2 aromatic rings. The molecule has 0 radical (unpaired) electrons. The minimum absolute atomic E-state index is 0.169. The number of amides is 2. The molecule has 1 unspecified atom stereocenters. The van der Waals surface area contributed by atoms with Gasteiger partial charge in [0.2, 0.25) is 11.8 Å². The van der Waals surface area contributed by atoms with Crippen LogP contribution in [0.3, 0.4) is 0 Å². The van der Waals surface area contributed by atoms with E-state index in [1.807, 2.05) is 5.38 Å². The largest absolute Gasteiger partial charge is 0.497 e. The van der Waals surface area contributed by atoms with Gasteiger partial charge in [0.25, 0.3) is 0 Å². The van der Waals surface area contributed by atoms with Gasteiger partial charge in [-0.1, -0.05) is 13.0 Å². The van der Waals surface area contributed by atoms with Gasteiger partial charge in [0.1, 0.15) is 24.1 Å². The number of esters is 1. The normalized spacial score (nSPS) is 11.3. The van der Waals surface area contributed by atoms with Gasteiger partial charge in [-0.15, -0.1) is 11.3 Å². The van der Waals surface area contributed by atoms with Gasteiger partial charge in [0.15, 0.2) is 0 Å². The van der Waals surface area contributed by atoms with E-state index in [4.69, 9.17) is 14.2 Å². The standard InChI is InChI=1S/C21H26N2O6S/c1-5-18(24)23(15-10-9-14(27-3)12-16(15)28-4)20(17-8-7-11-30-17)21(26)22-13-19(25)29-6-2/h7-12,20H,5-6,13H2,1-4H3,(H,22,26). The number of hydrogen-bond acceptors (Lipinski definition) is 7. The van der Waals surface area contributed by atoms with Crippen LogP contribution in [-0.2, 0) is 19.1 Å². The van der Waals surface area contributed by atoms with Crippen LogP contribution in [0.4, 0.5) is 5.69 Å². The summed E-state index contributed by atoms with van der Waals surface area (Å²) < 4.78 is 15.6. The van der Waals surface area contributed by atoms with Crippen LogP contribution in [0.1, 0.15) is 31.2 Å². The molecule has 162 valence electrons. The highest BCUT2D eigenvalue weighted by Gasteiger charge is 2.34. The third-order valence-electron chi connectivity index (χ3n) is 4.25. The molecule has 2 amide bonds. The van der Waals surface area contributed by atoms with Crippen LogP contribution in [0.5, 0.6) is 11.5 Å². The first-order valence-corrected chi connectivity index (χ1v) is 10.4. The first kappa shape index (κ1) is 23.2. The van der Waals surface area contributed by atoms with E-state index in [1.54, 1.807) is 44.2 Å². The van der Waals surface area contributed by atoms with E-state index in [0.29, 0.717) is 22.1 Å². The molecular weight excluding hydrogens is 408 g/mol. The number of carbonyl (C=O) groups excluding carboxylic acids is 3. The van der Waals surface area contributed by atoms with Gasteiger partial charge in [-0.2, -0.15) is 0 Å². The van der Waals surface area contributed by atoms with E-state index >= 15 is 0 Å². The second-order valence-electron chi connectivity index (χ2n) is 6.10. The van der Waals surface area contributed by atoms with Crippen LogP contribution in [0, 0.1) is 0 Å². The van der Waals surface area contributed by atoms with Crippen molar-refractivity contribution >= 4 is 34.8 Å². The number of nitrogens with zero attached hydrogens (tertiary/aromatic N) is 1. The minimum Gasteiger partial charge on any atom is -0.497 e. The molecule has 0 bridgehead atoms. The van der Waals surface area contributed by atoms with Crippen LogP contribution in [0.15, 0.2) is 35.7 Å². The van der Waals surface area contributed by atoms with Crippen LogP contribution in [0.25, 0.3) is 0 Å². The lowest BCUT2D eigenvalue weighted by molar-refractivity contribution is -0.143. The van der Waals surface area contributed by atoms with Gasteiger partial charge in [-0.05, 0) is 30.5 Å². The first-order chi connectivity index (χ1) is 14.5. The molecule has 0 spiro atoms. The molecule has 0 saturated heterocycles. The molecule has 1 heterocycles. The highest BCUT2D eigenvalue weighted by molar-refractivity contribution is 7.10. The Bertz CT molecular complexity index is 868. The summed E-state index contributed by atoms with van der Waals surface area (Å²) in [7, 11) is 3.01. The zero-order chi connectivity index (χ0) is 22.1. The fourth-order valence-electron chi connectivity index (χ4n) is 2.86. The Balaban J connectivity index is 2.49. The number of thiophene rings is 1. The summed E-state index contributed by atoms with van der Waals surface area (Å²) in [6, 6.07) is 7.60. The Morgan fingerprint density at radius 1 is 1.13 bits per heavy atom. The van der Waals surface area contributed by atoms with Crippen LogP contribution >= 0.6 is 11.3 Å². The summed E-state index contributed by atoms with van der Waals surface area (Å²) in [5.41, 5.74) is 0.426. The molecule has 1 atom stereocenters. The number of methoxy groups -OCH3 is 2. The lowest BCUT2D eigenvalue weighted by Crippen LogP contribution is -2.45. The number of rotatable bonds is 10. The predicted octanol–water partition coefficient (Wildman–Crippen LogP) is 2.93. The summed E-state index contributed by atoms with van der Waals surface area (Å²) in [5, 5.41) is 4.40. The molecule has 1 aromatic carbocycles. The molecule has 1 aromatic heterocycles. The first-order valence-electron chi connectivity index (χ1n) is 9.47. The monoisotopic (exact) mass is 434 g/mol. The maximum atomic E-state index is 13.1. The fraction of sp³-hybridized carbons (Fsp3) is 0.381. The lowest BCUT2D eigenvalue weighted by atomic mass is 10.1. The van der Waals surface area contributed by atoms with Crippen molar-refractivity contribution in [2.24, 2.45) is 0 Å². The number of anilines is 1. The molecule has 0 aliphatic rings. The molecule has 0 aliphatic heterocycles. The molecule has 30 heavy (non-hydrogen) atoms. The minimum atomic E-state index is -0.978. The van der Waals surface area contributed by atoms with Gasteiger partial charge >= 0.3 is 5.97 Å². The molecule has 1 N–H and O–H groups in total. The third kappa shape index (κ3) is 5.50. The maximum absolute atomic E-state index is 13.1. The molecule has 0 saturated carbocycles. The Morgan fingerprint density at radius 3 is 2.47 bits per heavy atom. The van der Waals surface area contributed by atoms with Crippen molar-refractivity contribution in [1.82, 2.24) is 5.32 Å². The van der Waals surface area contributed by atoms with Crippen molar-refractivity contribution in [2.75, 3.05) is 32.3 Å². The van der Waals surface area contributed by atoms with Crippen molar-refractivity contribution in [1.29, 1.82) is 0 Å². The van der Waals surface area contributed by atoms with E-state index in [1.165, 1.54) is 30.5 Å². The van der Waals surface area contributed by atoms with Gasteiger partial charge in [-0.25, -0.2) is 0 Å². The summed E-state index contributed by atoms with van der Waals surface area (Å²) in [5.74, 6) is -0.380. The Kier molecular flexibility index (Phi) is 8.67. The van der Waals surface area contributed by atoms with E-state index in [9.17, 15) is 14.4 Å². The van der Waals surface area contributed by atoms with Crippen molar-refractivity contribution in [3.63, 3.8) is 0 Å². The Morgan fingerprint density at radius 2 is 1.90 bits per heavy atom. The lowest BCUT2D eigenvalue weighted by Gasteiger charge is -2.31. The summed E-state index contributed by atoms with van der Waals surface area (Å²) >= 11 is 1.34. The highest BCUT2D eigenvalue weighted by Crippen LogP contribution is 2.38. The summed E-state index contributed by atoms with van der Waals surface area (Å²) in [6.45, 7) is 3.33. The number of ether oxygens (including phenoxy) is 3. The summed E-state index contributed by atoms with van der Waals surface area (Å²) in [6.07, 6.45) is 0.169. The van der Waals surface area contributed by atoms with Crippen LogP contribution < -0.4 is 19.7 Å². The number of nitrogens with one attached hydrogen (secondary N) is 1. The molecule has 8 nitrogen and oxygen atoms in total. The smallest absolute Gasteiger partial charge is 0.325 e. The van der Waals surface area contributed by atoms with E-state index in [2.05, 4.69) is 5.32 Å². The summed E-state index contributed by atoms with van der Waals surface area (Å²) in [4.78, 5) is 39.9. The number of hydrogen-bond donors (Lipinski definition) is 1. The van der Waals surface area contributed by atoms with Crippen LogP contribution in [0.2, 0.25) is 0 Å². The van der Waals surface area contributed by atoms with E-state index in [-0.39, 0.29) is 25.5 Å². The van der Waals surface area contributed by atoms with Crippen molar-refractivity contribution in [3.8, 4) is 11.5 Å². The molecule has 2 rings (SSSR count). The van der Waals surface area contributed by atoms with Gasteiger partial charge in [0, 0.05) is 17.4 Å². The van der Waals surface area contributed by atoms with Crippen molar-refractivity contribution < 1.29 is 28.6 Å².